The molecule has 0 aliphatic rings. The van der Waals surface area contributed by atoms with Crippen LogP contribution in [0.2, 0.25) is 0 Å². The van der Waals surface area contributed by atoms with Crippen molar-refractivity contribution in [2.45, 2.75) is 138 Å². The quantitative estimate of drug-likeness (QED) is 0.0967. The minimum absolute atomic E-state index is 0.122. The van der Waals surface area contributed by atoms with E-state index in [-0.39, 0.29) is 5.56 Å². The average Bonchev–Trinajstić information content (AvgIpc) is 2.97. The van der Waals surface area contributed by atoms with Gasteiger partial charge in [-0.2, -0.15) is 0 Å². The molecule has 1 aromatic heterocycles. The Morgan fingerprint density at radius 3 is 2.07 bits per heavy atom. The van der Waals surface area contributed by atoms with Crippen LogP contribution >= 0.6 is 0 Å². The normalized spacial score (nSPS) is 11.6. The SMILES string of the molecule is CCCCCCCCOc1ccc2c(OCCCCCC)c(OC/C=C(\C)CCC=C(C)C)c(=O)n(CCCC)c2c1. The number of aromatic nitrogens is 1. The number of aryl methyl sites for hydroxylation is 1. The second-order valence-electron chi connectivity index (χ2n) is 11.9. The number of fused-ring (bicyclic) bond motifs is 1. The van der Waals surface area contributed by atoms with Crippen molar-refractivity contribution in [2.24, 2.45) is 0 Å². The molecule has 1 aromatic carbocycles. The smallest absolute Gasteiger partial charge is 0.297 e. The van der Waals surface area contributed by atoms with Crippen LogP contribution in [0.25, 0.3) is 10.9 Å². The highest BCUT2D eigenvalue weighted by Gasteiger charge is 2.20. The Bertz CT molecular complexity index is 1160. The van der Waals surface area contributed by atoms with Gasteiger partial charge in [-0.3, -0.25) is 4.79 Å². The molecular formula is C37H59NO4. The van der Waals surface area contributed by atoms with E-state index >= 15 is 0 Å². The van der Waals surface area contributed by atoms with E-state index in [1.165, 1.54) is 56.1 Å². The number of hydrogen-bond donors (Lipinski definition) is 0. The molecule has 236 valence electrons. The zero-order chi connectivity index (χ0) is 30.6. The lowest BCUT2D eigenvalue weighted by Crippen LogP contribution is -2.24. The summed E-state index contributed by atoms with van der Waals surface area (Å²) in [6.45, 7) is 15.2. The third-order valence-corrected chi connectivity index (χ3v) is 7.65. The van der Waals surface area contributed by atoms with Crippen molar-refractivity contribution in [2.75, 3.05) is 19.8 Å². The highest BCUT2D eigenvalue weighted by atomic mass is 16.5. The Labute approximate surface area is 256 Å². The number of rotatable bonds is 23. The third-order valence-electron chi connectivity index (χ3n) is 7.65. The Hall–Kier alpha value is -2.69. The van der Waals surface area contributed by atoms with Gasteiger partial charge in [0.15, 0.2) is 5.75 Å². The van der Waals surface area contributed by atoms with Crippen molar-refractivity contribution in [1.82, 2.24) is 4.57 Å². The largest absolute Gasteiger partial charge is 0.494 e. The summed E-state index contributed by atoms with van der Waals surface area (Å²) in [4.78, 5) is 14.0. The van der Waals surface area contributed by atoms with E-state index in [2.05, 4.69) is 53.7 Å². The van der Waals surface area contributed by atoms with Crippen LogP contribution in [0, 0.1) is 0 Å². The molecule has 0 amide bonds. The molecule has 0 aliphatic heterocycles. The molecule has 0 atom stereocenters. The standard InChI is InChI=1S/C37H59NO4/c1-7-10-13-15-16-18-26-40-32-22-23-33-34(29-32)38(25-12-9-3)37(39)36(35(33)41-27-17-14-11-8-2)42-28-24-31(6)21-19-20-30(4)5/h20,22-24,29H,7-19,21,25-28H2,1-6H3/b31-24+. The van der Waals surface area contributed by atoms with E-state index in [0.29, 0.717) is 37.9 Å². The maximum absolute atomic E-state index is 14.0. The first-order valence-electron chi connectivity index (χ1n) is 16.8. The van der Waals surface area contributed by atoms with Gasteiger partial charge in [-0.15, -0.1) is 0 Å². The maximum Gasteiger partial charge on any atom is 0.297 e. The Balaban J connectivity index is 2.35. The van der Waals surface area contributed by atoms with Gasteiger partial charge < -0.3 is 18.8 Å². The number of unbranched alkanes of at least 4 members (excludes halogenated alkanes) is 9. The zero-order valence-electron chi connectivity index (χ0n) is 27.7. The summed E-state index contributed by atoms with van der Waals surface area (Å²) in [5.41, 5.74) is 3.33. The lowest BCUT2D eigenvalue weighted by molar-refractivity contribution is 0.275. The zero-order valence-corrected chi connectivity index (χ0v) is 27.7. The summed E-state index contributed by atoms with van der Waals surface area (Å²) in [6.07, 6.45) is 20.0. The first-order chi connectivity index (χ1) is 20.4. The Morgan fingerprint density at radius 1 is 0.738 bits per heavy atom. The summed E-state index contributed by atoms with van der Waals surface area (Å²) in [5.74, 6) is 1.69. The van der Waals surface area contributed by atoms with E-state index in [4.69, 9.17) is 14.2 Å². The Kier molecular flexibility index (Phi) is 17.8. The van der Waals surface area contributed by atoms with Crippen molar-refractivity contribution in [1.29, 1.82) is 0 Å². The summed E-state index contributed by atoms with van der Waals surface area (Å²) in [7, 11) is 0. The number of pyridine rings is 1. The highest BCUT2D eigenvalue weighted by molar-refractivity contribution is 5.89. The monoisotopic (exact) mass is 581 g/mol. The van der Waals surface area contributed by atoms with E-state index in [1.807, 2.05) is 22.8 Å². The van der Waals surface area contributed by atoms with Crippen LogP contribution in [-0.4, -0.2) is 24.4 Å². The maximum atomic E-state index is 14.0. The predicted octanol–water partition coefficient (Wildman–Crippen LogP) is 10.6. The molecule has 0 saturated carbocycles. The number of nitrogens with zero attached hydrogens (tertiary/aromatic N) is 1. The van der Waals surface area contributed by atoms with Crippen LogP contribution in [-0.2, 0) is 6.54 Å². The van der Waals surface area contributed by atoms with Gasteiger partial charge in [0.1, 0.15) is 12.4 Å². The van der Waals surface area contributed by atoms with Crippen LogP contribution in [0.1, 0.15) is 131 Å². The molecule has 0 fully saturated rings. The molecule has 0 bridgehead atoms. The lowest BCUT2D eigenvalue weighted by atomic mass is 10.1. The number of benzene rings is 1. The van der Waals surface area contributed by atoms with Crippen LogP contribution in [0.5, 0.6) is 17.2 Å². The first-order valence-corrected chi connectivity index (χ1v) is 16.8. The molecule has 0 aliphatic carbocycles. The van der Waals surface area contributed by atoms with Gasteiger partial charge in [-0.05, 0) is 71.1 Å². The summed E-state index contributed by atoms with van der Waals surface area (Å²) >= 11 is 0. The second kappa shape index (κ2) is 21.1. The third kappa shape index (κ3) is 12.7. The van der Waals surface area contributed by atoms with Crippen LogP contribution in [0.3, 0.4) is 0 Å². The summed E-state index contributed by atoms with van der Waals surface area (Å²) in [6, 6.07) is 6.07. The van der Waals surface area contributed by atoms with E-state index in [9.17, 15) is 4.79 Å². The van der Waals surface area contributed by atoms with Gasteiger partial charge in [0.05, 0.1) is 18.7 Å². The molecule has 0 saturated heterocycles. The molecule has 5 nitrogen and oxygen atoms in total. The summed E-state index contributed by atoms with van der Waals surface area (Å²) in [5, 5.41) is 0.910. The van der Waals surface area contributed by atoms with Gasteiger partial charge >= 0.3 is 0 Å². The topological polar surface area (TPSA) is 49.7 Å². The van der Waals surface area contributed by atoms with Crippen LogP contribution < -0.4 is 19.8 Å². The Morgan fingerprint density at radius 2 is 1.38 bits per heavy atom. The highest BCUT2D eigenvalue weighted by Crippen LogP contribution is 2.35. The van der Waals surface area contributed by atoms with Gasteiger partial charge in [0.2, 0.25) is 5.75 Å². The van der Waals surface area contributed by atoms with Crippen LogP contribution in [0.15, 0.2) is 46.3 Å². The van der Waals surface area contributed by atoms with Crippen molar-refractivity contribution in [3.05, 3.63) is 51.9 Å². The van der Waals surface area contributed by atoms with E-state index in [1.54, 1.807) is 0 Å². The number of ether oxygens (including phenoxy) is 3. The fraction of sp³-hybridized carbons (Fsp3) is 0.649. The van der Waals surface area contributed by atoms with E-state index < -0.39 is 0 Å². The van der Waals surface area contributed by atoms with Crippen molar-refractivity contribution in [3.8, 4) is 17.2 Å². The summed E-state index contributed by atoms with van der Waals surface area (Å²) < 4.78 is 20.6. The van der Waals surface area contributed by atoms with Gasteiger partial charge in [-0.1, -0.05) is 95.8 Å². The average molecular weight is 582 g/mol. The molecule has 0 unspecified atom stereocenters. The molecule has 2 rings (SSSR count). The minimum atomic E-state index is -0.122. The van der Waals surface area contributed by atoms with Crippen molar-refractivity contribution < 1.29 is 14.2 Å². The fourth-order valence-electron chi connectivity index (χ4n) is 5.01. The minimum Gasteiger partial charge on any atom is -0.494 e. The number of allylic oxidation sites excluding steroid dienone is 3. The lowest BCUT2D eigenvalue weighted by Gasteiger charge is -2.19. The first kappa shape index (κ1) is 35.5. The molecule has 0 spiro atoms. The molecule has 5 heteroatoms. The molecular weight excluding hydrogens is 522 g/mol. The van der Waals surface area contributed by atoms with Crippen LogP contribution in [0.4, 0.5) is 0 Å². The molecule has 0 radical (unpaired) electrons. The predicted molar refractivity (Wildman–Crippen MR) is 180 cm³/mol. The van der Waals surface area contributed by atoms with Gasteiger partial charge in [0, 0.05) is 18.0 Å². The number of hydrogen-bond acceptors (Lipinski definition) is 4. The van der Waals surface area contributed by atoms with Crippen molar-refractivity contribution >= 4 is 10.9 Å². The molecule has 0 N–H and O–H groups in total. The fourth-order valence-corrected chi connectivity index (χ4v) is 5.01. The van der Waals surface area contributed by atoms with E-state index in [0.717, 1.165) is 61.6 Å². The molecule has 2 aromatic rings. The van der Waals surface area contributed by atoms with Gasteiger partial charge in [-0.25, -0.2) is 0 Å². The van der Waals surface area contributed by atoms with Crippen molar-refractivity contribution in [3.63, 3.8) is 0 Å². The van der Waals surface area contributed by atoms with Gasteiger partial charge in [0.25, 0.3) is 5.56 Å². The molecule has 42 heavy (non-hydrogen) atoms. The molecule has 1 heterocycles. The second-order valence-corrected chi connectivity index (χ2v) is 11.9.